The van der Waals surface area contributed by atoms with E-state index in [2.05, 4.69) is 15.0 Å². The Morgan fingerprint density at radius 2 is 2.07 bits per heavy atom. The van der Waals surface area contributed by atoms with Gasteiger partial charge in [-0.15, -0.1) is 0 Å². The lowest BCUT2D eigenvalue weighted by Gasteiger charge is -2.13. The number of nitrogens with two attached hydrogens (primary N) is 1. The van der Waals surface area contributed by atoms with E-state index in [1.165, 1.54) is 23.9 Å². The Labute approximate surface area is 164 Å². The van der Waals surface area contributed by atoms with Crippen LogP contribution in [-0.2, 0) is 5.75 Å². The van der Waals surface area contributed by atoms with Crippen LogP contribution in [0.5, 0.6) is 0 Å². The summed E-state index contributed by atoms with van der Waals surface area (Å²) < 4.78 is 1.95. The van der Waals surface area contributed by atoms with E-state index in [9.17, 15) is 15.2 Å². The molecule has 3 aromatic rings. The second-order valence-electron chi connectivity index (χ2n) is 6.55. The largest absolute Gasteiger partial charge is 0.396 e. The number of non-ortho nitro benzene ring substituents is 1. The van der Waals surface area contributed by atoms with Gasteiger partial charge in [0.1, 0.15) is 10.5 Å². The number of nitrogens with zero attached hydrogens (tertiary/aromatic N) is 5. The number of aliphatic hydroxyl groups excluding tert-OH is 1. The third-order valence-corrected chi connectivity index (χ3v) is 5.71. The minimum absolute atomic E-state index is 0.0620. The van der Waals surface area contributed by atoms with Gasteiger partial charge in [0.25, 0.3) is 5.69 Å². The number of hydrogen-bond acceptors (Lipinski definition) is 8. The van der Waals surface area contributed by atoms with Gasteiger partial charge in [0.2, 0.25) is 5.95 Å². The van der Waals surface area contributed by atoms with Crippen molar-refractivity contribution < 1.29 is 10.0 Å². The van der Waals surface area contributed by atoms with Crippen molar-refractivity contribution in [2.24, 2.45) is 5.92 Å². The minimum atomic E-state index is -0.420. The fourth-order valence-corrected chi connectivity index (χ4v) is 4.14. The lowest BCUT2D eigenvalue weighted by molar-refractivity contribution is -0.384. The molecule has 0 amide bonds. The quantitative estimate of drug-likeness (QED) is 0.213. The van der Waals surface area contributed by atoms with E-state index in [0.29, 0.717) is 21.9 Å². The van der Waals surface area contributed by atoms with Gasteiger partial charge in [-0.05, 0) is 12.0 Å². The molecule has 9 nitrogen and oxygen atoms in total. The molecule has 0 saturated heterocycles. The monoisotopic (exact) mass is 398 g/mol. The highest BCUT2D eigenvalue weighted by Crippen LogP contribution is 2.33. The number of nitro benzene ring substituents is 1. The number of thioether (sulfide) groups is 1. The van der Waals surface area contributed by atoms with Crippen molar-refractivity contribution in [2.45, 2.75) is 23.2 Å². The molecule has 0 aliphatic heterocycles. The third-order valence-electron chi connectivity index (χ3n) is 4.67. The maximum absolute atomic E-state index is 10.8. The summed E-state index contributed by atoms with van der Waals surface area (Å²) in [5, 5.41) is 20.8. The highest BCUT2D eigenvalue weighted by atomic mass is 32.2. The number of aromatic nitrogens is 4. The molecule has 10 heteroatoms. The second-order valence-corrected chi connectivity index (χ2v) is 7.52. The van der Waals surface area contributed by atoms with Crippen LogP contribution in [0.15, 0.2) is 47.8 Å². The molecule has 2 aromatic heterocycles. The first-order valence-electron chi connectivity index (χ1n) is 8.70. The highest BCUT2D eigenvalue weighted by Gasteiger charge is 2.23. The summed E-state index contributed by atoms with van der Waals surface area (Å²) in [6.07, 6.45) is 6.57. The fraction of sp³-hybridized carbons (Fsp3) is 0.278. The van der Waals surface area contributed by atoms with Crippen molar-refractivity contribution in [3.8, 4) is 0 Å². The van der Waals surface area contributed by atoms with Crippen LogP contribution >= 0.6 is 11.8 Å². The van der Waals surface area contributed by atoms with Crippen LogP contribution in [0.4, 0.5) is 11.6 Å². The van der Waals surface area contributed by atoms with Crippen molar-refractivity contribution in [3.05, 3.63) is 58.4 Å². The fourth-order valence-electron chi connectivity index (χ4n) is 3.21. The van der Waals surface area contributed by atoms with E-state index in [-0.39, 0.29) is 30.2 Å². The van der Waals surface area contributed by atoms with Crippen LogP contribution in [0.1, 0.15) is 18.0 Å². The first-order chi connectivity index (χ1) is 13.5. The smallest absolute Gasteiger partial charge is 0.269 e. The Hall–Kier alpha value is -2.98. The van der Waals surface area contributed by atoms with Crippen LogP contribution in [-0.4, -0.2) is 36.2 Å². The molecule has 1 aliphatic rings. The standard InChI is InChI=1S/C18H18N6O3S/c19-18-21-16-15(20-10-23(16)14-6-3-12(7-14)8-25)17(22-18)28-9-11-1-4-13(5-2-11)24(26)27/h1-6,10,12,14,25H,7-9H2,(H2,19,21,22). The molecule has 2 heterocycles. The number of hydrogen-bond donors (Lipinski definition) is 2. The molecular formula is C18H18N6O3S. The molecule has 2 unspecified atom stereocenters. The number of rotatable bonds is 6. The van der Waals surface area contributed by atoms with Crippen molar-refractivity contribution >= 4 is 34.6 Å². The van der Waals surface area contributed by atoms with Gasteiger partial charge in [0.15, 0.2) is 5.65 Å². The first kappa shape index (κ1) is 18.4. The number of benzene rings is 1. The van der Waals surface area contributed by atoms with Crippen molar-refractivity contribution in [1.29, 1.82) is 0 Å². The summed E-state index contributed by atoms with van der Waals surface area (Å²) in [6, 6.07) is 6.49. The lowest BCUT2D eigenvalue weighted by Crippen LogP contribution is -2.08. The van der Waals surface area contributed by atoms with Crippen molar-refractivity contribution in [3.63, 3.8) is 0 Å². The van der Waals surface area contributed by atoms with Crippen molar-refractivity contribution in [1.82, 2.24) is 19.5 Å². The Kier molecular flexibility index (Phi) is 4.97. The normalized spacial score (nSPS) is 18.8. The average Bonchev–Trinajstić information content (AvgIpc) is 3.32. The molecule has 2 atom stereocenters. The third kappa shape index (κ3) is 3.56. The maximum atomic E-state index is 10.8. The van der Waals surface area contributed by atoms with Crippen LogP contribution in [0.2, 0.25) is 0 Å². The lowest BCUT2D eigenvalue weighted by atomic mass is 10.1. The molecule has 0 radical (unpaired) electrons. The Morgan fingerprint density at radius 1 is 1.29 bits per heavy atom. The van der Waals surface area contributed by atoms with Gasteiger partial charge in [-0.2, -0.15) is 4.98 Å². The number of nitro groups is 1. The van der Waals surface area contributed by atoms with Gasteiger partial charge < -0.3 is 15.4 Å². The predicted molar refractivity (Wildman–Crippen MR) is 106 cm³/mol. The first-order valence-corrected chi connectivity index (χ1v) is 9.69. The van der Waals surface area contributed by atoms with Crippen molar-refractivity contribution in [2.75, 3.05) is 12.3 Å². The SMILES string of the molecule is Nc1nc(SCc2ccc([N+](=O)[O-])cc2)c2ncn(C3C=CC(CO)C3)c2n1. The molecule has 3 N–H and O–H groups in total. The summed E-state index contributed by atoms with van der Waals surface area (Å²) in [5.74, 6) is 0.880. The maximum Gasteiger partial charge on any atom is 0.269 e. The van der Waals surface area contributed by atoms with E-state index in [0.717, 1.165) is 12.0 Å². The molecule has 1 aromatic carbocycles. The number of anilines is 1. The molecule has 144 valence electrons. The van der Waals surface area contributed by atoms with E-state index in [1.807, 2.05) is 16.7 Å². The van der Waals surface area contributed by atoms with Gasteiger partial charge in [0.05, 0.1) is 17.3 Å². The van der Waals surface area contributed by atoms with E-state index in [4.69, 9.17) is 5.73 Å². The average molecular weight is 398 g/mol. The van der Waals surface area contributed by atoms with Crippen LogP contribution < -0.4 is 5.73 Å². The summed E-state index contributed by atoms with van der Waals surface area (Å²) >= 11 is 1.46. The number of imidazole rings is 1. The molecule has 0 saturated carbocycles. The summed E-state index contributed by atoms with van der Waals surface area (Å²) in [4.78, 5) is 23.5. The number of nitrogen functional groups attached to an aromatic ring is 1. The van der Waals surface area contributed by atoms with Gasteiger partial charge >= 0.3 is 0 Å². The van der Waals surface area contributed by atoms with E-state index < -0.39 is 4.92 Å². The van der Waals surface area contributed by atoms with Crippen LogP contribution in [0.25, 0.3) is 11.2 Å². The number of fused-ring (bicyclic) bond motifs is 1. The Balaban J connectivity index is 1.58. The zero-order chi connectivity index (χ0) is 19.7. The summed E-state index contributed by atoms with van der Waals surface area (Å²) in [7, 11) is 0. The van der Waals surface area contributed by atoms with E-state index in [1.54, 1.807) is 18.5 Å². The molecular weight excluding hydrogens is 380 g/mol. The second kappa shape index (κ2) is 7.56. The topological polar surface area (TPSA) is 133 Å². The Morgan fingerprint density at radius 3 is 2.75 bits per heavy atom. The highest BCUT2D eigenvalue weighted by molar-refractivity contribution is 7.98. The van der Waals surface area contributed by atoms with Gasteiger partial charge in [-0.3, -0.25) is 10.1 Å². The predicted octanol–water partition coefficient (Wildman–Crippen LogP) is 2.72. The van der Waals surface area contributed by atoms with Gasteiger partial charge in [0, 0.05) is 30.4 Å². The molecule has 1 aliphatic carbocycles. The number of aliphatic hydroxyl groups is 1. The summed E-state index contributed by atoms with van der Waals surface area (Å²) in [6.45, 7) is 0.118. The molecule has 0 bridgehead atoms. The molecule has 4 rings (SSSR count). The number of allylic oxidation sites excluding steroid dienone is 1. The van der Waals surface area contributed by atoms with Crippen LogP contribution in [0.3, 0.4) is 0 Å². The van der Waals surface area contributed by atoms with Gasteiger partial charge in [-0.1, -0.05) is 36.0 Å². The molecule has 0 fully saturated rings. The van der Waals surface area contributed by atoms with Crippen LogP contribution in [0, 0.1) is 16.0 Å². The zero-order valence-corrected chi connectivity index (χ0v) is 15.6. The molecule has 0 spiro atoms. The minimum Gasteiger partial charge on any atom is -0.396 e. The zero-order valence-electron chi connectivity index (χ0n) is 14.8. The molecule has 28 heavy (non-hydrogen) atoms. The summed E-state index contributed by atoms with van der Waals surface area (Å²) in [5.41, 5.74) is 8.24. The van der Waals surface area contributed by atoms with E-state index >= 15 is 0 Å². The van der Waals surface area contributed by atoms with Gasteiger partial charge in [-0.25, -0.2) is 9.97 Å². The Bertz CT molecular complexity index is 1050.